The number of carbonyl (C=O) groups is 1. The molecule has 3 nitrogen and oxygen atoms in total. The van der Waals surface area contributed by atoms with E-state index < -0.39 is 5.97 Å². The van der Waals surface area contributed by atoms with Crippen LogP contribution >= 0.6 is 0 Å². The van der Waals surface area contributed by atoms with Crippen LogP contribution in [0.15, 0.2) is 0 Å². The molecule has 2 aliphatic rings. The quantitative estimate of drug-likeness (QED) is 0.826. The highest BCUT2D eigenvalue weighted by Gasteiger charge is 2.36. The summed E-state index contributed by atoms with van der Waals surface area (Å²) in [6, 6.07) is -0.304. The molecule has 116 valence electrons. The summed E-state index contributed by atoms with van der Waals surface area (Å²) in [5.41, 5.74) is 0.490. The molecule has 0 bridgehead atoms. The number of hydrogen-bond donors (Lipinski definition) is 2. The summed E-state index contributed by atoms with van der Waals surface area (Å²) >= 11 is 0. The Hall–Kier alpha value is -0.570. The van der Waals surface area contributed by atoms with Crippen molar-refractivity contribution >= 4 is 5.97 Å². The molecule has 0 radical (unpaired) electrons. The van der Waals surface area contributed by atoms with Crippen LogP contribution in [0.4, 0.5) is 0 Å². The Bertz CT molecular complexity index is 324. The molecule has 0 amide bonds. The van der Waals surface area contributed by atoms with Crippen LogP contribution < -0.4 is 5.32 Å². The molecule has 0 spiro atoms. The summed E-state index contributed by atoms with van der Waals surface area (Å²) in [6.45, 7) is 8.04. The van der Waals surface area contributed by atoms with Crippen molar-refractivity contribution in [3.63, 3.8) is 0 Å². The maximum absolute atomic E-state index is 11.0. The van der Waals surface area contributed by atoms with E-state index in [0.717, 1.165) is 31.2 Å². The van der Waals surface area contributed by atoms with Crippen molar-refractivity contribution < 1.29 is 9.90 Å². The number of rotatable bonds is 4. The van der Waals surface area contributed by atoms with E-state index in [1.807, 2.05) is 0 Å². The van der Waals surface area contributed by atoms with Gasteiger partial charge >= 0.3 is 5.97 Å². The Morgan fingerprint density at radius 1 is 1.10 bits per heavy atom. The summed E-state index contributed by atoms with van der Waals surface area (Å²) in [4.78, 5) is 11.0. The first-order valence-corrected chi connectivity index (χ1v) is 8.40. The number of nitrogens with one attached hydrogen (secondary N) is 1. The zero-order valence-corrected chi connectivity index (χ0v) is 13.3. The van der Waals surface area contributed by atoms with Crippen molar-refractivity contribution in [3.8, 4) is 0 Å². The highest BCUT2D eigenvalue weighted by Crippen LogP contribution is 2.44. The van der Waals surface area contributed by atoms with Crippen molar-refractivity contribution in [2.75, 3.05) is 6.54 Å². The normalized spacial score (nSPS) is 35.8. The molecule has 2 rings (SSSR count). The van der Waals surface area contributed by atoms with Crippen LogP contribution in [0.3, 0.4) is 0 Å². The van der Waals surface area contributed by atoms with Crippen LogP contribution in [0.2, 0.25) is 0 Å². The van der Waals surface area contributed by atoms with Crippen molar-refractivity contribution in [1.29, 1.82) is 0 Å². The number of carboxylic acids is 1. The van der Waals surface area contributed by atoms with Gasteiger partial charge in [-0.25, -0.2) is 0 Å². The van der Waals surface area contributed by atoms with Crippen molar-refractivity contribution in [2.45, 2.75) is 71.8 Å². The second-order valence-corrected chi connectivity index (χ2v) is 7.59. The lowest BCUT2D eigenvalue weighted by Crippen LogP contribution is -2.46. The van der Waals surface area contributed by atoms with E-state index in [9.17, 15) is 4.79 Å². The second kappa shape index (κ2) is 6.46. The maximum atomic E-state index is 11.0. The Balaban J connectivity index is 1.79. The third kappa shape index (κ3) is 3.55. The van der Waals surface area contributed by atoms with Gasteiger partial charge in [0.05, 0.1) is 0 Å². The van der Waals surface area contributed by atoms with Crippen molar-refractivity contribution in [2.24, 2.45) is 23.2 Å². The zero-order chi connectivity index (χ0) is 14.8. The largest absolute Gasteiger partial charge is 0.480 e. The topological polar surface area (TPSA) is 49.3 Å². The SMILES string of the molecule is CCC(C)(C)C1CCC(C2CCC(C(=O)O)NC2)CC1. The number of hydrogen-bond acceptors (Lipinski definition) is 2. The van der Waals surface area contributed by atoms with Crippen LogP contribution in [0.25, 0.3) is 0 Å². The van der Waals surface area contributed by atoms with Gasteiger partial charge in [0.1, 0.15) is 6.04 Å². The van der Waals surface area contributed by atoms with Gasteiger partial charge in [-0.05, 0) is 68.2 Å². The Labute approximate surface area is 123 Å². The van der Waals surface area contributed by atoms with Crippen LogP contribution in [-0.4, -0.2) is 23.7 Å². The fraction of sp³-hybridized carbons (Fsp3) is 0.941. The predicted molar refractivity (Wildman–Crippen MR) is 81.7 cm³/mol. The first kappa shape index (κ1) is 15.8. The monoisotopic (exact) mass is 281 g/mol. The van der Waals surface area contributed by atoms with Gasteiger partial charge in [-0.1, -0.05) is 27.2 Å². The Kier molecular flexibility index (Phi) is 5.11. The molecule has 2 N–H and O–H groups in total. The summed E-state index contributed by atoms with van der Waals surface area (Å²) in [7, 11) is 0. The first-order chi connectivity index (χ1) is 9.44. The second-order valence-electron chi connectivity index (χ2n) is 7.59. The zero-order valence-electron chi connectivity index (χ0n) is 13.3. The molecule has 0 aromatic carbocycles. The molecular weight excluding hydrogens is 250 g/mol. The lowest BCUT2D eigenvalue weighted by Gasteiger charge is -2.42. The fourth-order valence-corrected chi connectivity index (χ4v) is 4.15. The Morgan fingerprint density at radius 3 is 2.15 bits per heavy atom. The maximum Gasteiger partial charge on any atom is 0.320 e. The van der Waals surface area contributed by atoms with Crippen molar-refractivity contribution in [1.82, 2.24) is 5.32 Å². The van der Waals surface area contributed by atoms with Gasteiger partial charge < -0.3 is 10.4 Å². The molecule has 2 unspecified atom stereocenters. The smallest absolute Gasteiger partial charge is 0.320 e. The first-order valence-electron chi connectivity index (χ1n) is 8.40. The van der Waals surface area contributed by atoms with E-state index in [1.54, 1.807) is 0 Å². The minimum absolute atomic E-state index is 0.304. The van der Waals surface area contributed by atoms with Crippen LogP contribution in [0.5, 0.6) is 0 Å². The number of aliphatic carboxylic acids is 1. The van der Waals surface area contributed by atoms with Crippen LogP contribution in [-0.2, 0) is 4.79 Å². The molecule has 1 aliphatic carbocycles. The molecule has 1 saturated carbocycles. The van der Waals surface area contributed by atoms with Crippen molar-refractivity contribution in [3.05, 3.63) is 0 Å². The summed E-state index contributed by atoms with van der Waals surface area (Å²) in [6.07, 6.45) is 8.59. The predicted octanol–water partition coefficient (Wildman–Crippen LogP) is 3.68. The summed E-state index contributed by atoms with van der Waals surface area (Å²) in [5, 5.41) is 12.2. The number of piperidine rings is 1. The highest BCUT2D eigenvalue weighted by atomic mass is 16.4. The van der Waals surface area contributed by atoms with E-state index in [4.69, 9.17) is 5.11 Å². The third-order valence-electron chi connectivity index (χ3n) is 6.21. The molecule has 20 heavy (non-hydrogen) atoms. The molecule has 1 aliphatic heterocycles. The average molecular weight is 281 g/mol. The van der Waals surface area contributed by atoms with Gasteiger partial charge in [0.2, 0.25) is 0 Å². The molecule has 0 aromatic heterocycles. The van der Waals surface area contributed by atoms with E-state index in [1.165, 1.54) is 32.1 Å². The standard InChI is InChI=1S/C17H31NO2/c1-4-17(2,3)14-8-5-12(6-9-14)13-7-10-15(16(19)20)18-11-13/h12-15,18H,4-11H2,1-3H3,(H,19,20). The van der Waals surface area contributed by atoms with E-state index >= 15 is 0 Å². The molecule has 2 fully saturated rings. The van der Waals surface area contributed by atoms with Gasteiger partial charge in [-0.15, -0.1) is 0 Å². The molecule has 1 saturated heterocycles. The number of carboxylic acid groups (broad SMARTS) is 1. The fourth-order valence-electron chi connectivity index (χ4n) is 4.15. The summed E-state index contributed by atoms with van der Waals surface area (Å²) < 4.78 is 0. The lowest BCUT2D eigenvalue weighted by molar-refractivity contribution is -0.140. The van der Waals surface area contributed by atoms with Gasteiger partial charge in [-0.3, -0.25) is 4.79 Å². The van der Waals surface area contributed by atoms with Gasteiger partial charge in [0, 0.05) is 0 Å². The van der Waals surface area contributed by atoms with E-state index in [0.29, 0.717) is 11.3 Å². The molecule has 2 atom stereocenters. The average Bonchev–Trinajstić information content (AvgIpc) is 2.47. The molecule has 1 heterocycles. The molecule has 0 aromatic rings. The Morgan fingerprint density at radius 2 is 1.70 bits per heavy atom. The summed E-state index contributed by atoms with van der Waals surface area (Å²) in [5.74, 6) is 1.72. The van der Waals surface area contributed by atoms with E-state index in [-0.39, 0.29) is 6.04 Å². The van der Waals surface area contributed by atoms with Crippen LogP contribution in [0.1, 0.15) is 65.7 Å². The van der Waals surface area contributed by atoms with Crippen LogP contribution in [0, 0.1) is 23.2 Å². The minimum Gasteiger partial charge on any atom is -0.480 e. The third-order valence-corrected chi connectivity index (χ3v) is 6.21. The molecular formula is C17H31NO2. The van der Waals surface area contributed by atoms with Gasteiger partial charge in [-0.2, -0.15) is 0 Å². The highest BCUT2D eigenvalue weighted by molar-refractivity contribution is 5.73. The van der Waals surface area contributed by atoms with Gasteiger partial charge in [0.25, 0.3) is 0 Å². The minimum atomic E-state index is -0.683. The molecule has 3 heteroatoms. The van der Waals surface area contributed by atoms with Gasteiger partial charge in [0.15, 0.2) is 0 Å². The lowest BCUT2D eigenvalue weighted by atomic mass is 9.65. The van der Waals surface area contributed by atoms with E-state index in [2.05, 4.69) is 26.1 Å².